The first-order valence-corrected chi connectivity index (χ1v) is 8.90. The van der Waals surface area contributed by atoms with Crippen LogP contribution >= 0.6 is 0 Å². The van der Waals surface area contributed by atoms with E-state index in [0.717, 1.165) is 17.0 Å². The van der Waals surface area contributed by atoms with Crippen molar-refractivity contribution in [2.75, 3.05) is 18.6 Å². The molecule has 1 fully saturated rings. The molecule has 134 valence electrons. The third-order valence-corrected chi connectivity index (χ3v) is 5.74. The molecule has 1 N–H and O–H groups in total. The molecule has 0 aromatic heterocycles. The smallest absolute Gasteiger partial charge is 0.241 e. The summed E-state index contributed by atoms with van der Waals surface area (Å²) in [7, 11) is 1.67. The van der Waals surface area contributed by atoms with Crippen LogP contribution in [0.25, 0.3) is 6.08 Å². The Kier molecular flexibility index (Phi) is 3.62. The molecule has 1 atom stereocenters. The molecule has 26 heavy (non-hydrogen) atoms. The van der Waals surface area contributed by atoms with Crippen LogP contribution < -0.4 is 15.0 Å². The number of ether oxygens (including phenoxy) is 1. The first-order chi connectivity index (χ1) is 12.4. The SMILES string of the molecule is COc1cccc(C=C[C@]23NC(=O)CN2c2ccc(C)cc2C3(C)C)c1. The van der Waals surface area contributed by atoms with Crippen LogP contribution in [0.4, 0.5) is 5.69 Å². The summed E-state index contributed by atoms with van der Waals surface area (Å²) in [6, 6.07) is 14.4. The molecular weight excluding hydrogens is 324 g/mol. The van der Waals surface area contributed by atoms with Crippen molar-refractivity contribution in [3.8, 4) is 5.75 Å². The molecule has 0 spiro atoms. The molecule has 0 unspecified atom stereocenters. The van der Waals surface area contributed by atoms with Crippen molar-refractivity contribution in [1.29, 1.82) is 0 Å². The highest BCUT2D eigenvalue weighted by Crippen LogP contribution is 2.53. The number of benzene rings is 2. The molecule has 2 aliphatic heterocycles. The van der Waals surface area contributed by atoms with Crippen molar-refractivity contribution in [2.24, 2.45) is 0 Å². The van der Waals surface area contributed by atoms with Gasteiger partial charge in [0.25, 0.3) is 0 Å². The minimum atomic E-state index is -0.566. The van der Waals surface area contributed by atoms with Crippen LogP contribution in [0.3, 0.4) is 0 Å². The average Bonchev–Trinajstić information content (AvgIpc) is 3.05. The van der Waals surface area contributed by atoms with Crippen LogP contribution in [0.5, 0.6) is 5.75 Å². The number of fused-ring (bicyclic) bond motifs is 3. The van der Waals surface area contributed by atoms with Gasteiger partial charge in [-0.25, -0.2) is 0 Å². The number of aryl methyl sites for hydroxylation is 1. The van der Waals surface area contributed by atoms with Crippen molar-refractivity contribution in [3.05, 3.63) is 65.2 Å². The van der Waals surface area contributed by atoms with Crippen LogP contribution in [0.1, 0.15) is 30.5 Å². The number of hydrogen-bond acceptors (Lipinski definition) is 3. The number of amides is 1. The van der Waals surface area contributed by atoms with E-state index in [2.05, 4.69) is 61.3 Å². The first kappa shape index (κ1) is 16.7. The zero-order valence-electron chi connectivity index (χ0n) is 15.7. The molecule has 0 saturated carbocycles. The van der Waals surface area contributed by atoms with Gasteiger partial charge in [-0.3, -0.25) is 4.79 Å². The Balaban J connectivity index is 1.82. The zero-order valence-corrected chi connectivity index (χ0v) is 15.7. The molecule has 1 amide bonds. The van der Waals surface area contributed by atoms with E-state index in [1.165, 1.54) is 11.1 Å². The molecule has 4 heteroatoms. The Bertz CT molecular complexity index is 916. The van der Waals surface area contributed by atoms with Crippen LogP contribution in [-0.4, -0.2) is 25.2 Å². The largest absolute Gasteiger partial charge is 0.497 e. The summed E-state index contributed by atoms with van der Waals surface area (Å²) in [5.74, 6) is 0.876. The molecule has 2 heterocycles. The van der Waals surface area contributed by atoms with Crippen molar-refractivity contribution >= 4 is 17.7 Å². The lowest BCUT2D eigenvalue weighted by molar-refractivity contribution is -0.118. The maximum Gasteiger partial charge on any atom is 0.241 e. The molecule has 0 aliphatic carbocycles. The quantitative estimate of drug-likeness (QED) is 0.921. The summed E-state index contributed by atoms with van der Waals surface area (Å²) < 4.78 is 5.32. The standard InChI is InChI=1S/C22H24N2O2/c1-15-8-9-19-18(12-15)21(2,3)22(23-20(25)14-24(19)22)11-10-16-6-5-7-17(13-16)26-4/h5-13H,14H2,1-4H3,(H,23,25)/t22-/m0/s1. The fourth-order valence-corrected chi connectivity index (χ4v) is 4.25. The van der Waals surface area contributed by atoms with Crippen LogP contribution in [0.15, 0.2) is 48.5 Å². The van der Waals surface area contributed by atoms with Crippen LogP contribution in [0, 0.1) is 6.92 Å². The normalized spacial score (nSPS) is 23.1. The van der Waals surface area contributed by atoms with Gasteiger partial charge in [0.1, 0.15) is 11.4 Å². The van der Waals surface area contributed by atoms with Gasteiger partial charge in [-0.15, -0.1) is 0 Å². The lowest BCUT2D eigenvalue weighted by Crippen LogP contribution is -2.58. The molecular formula is C22H24N2O2. The summed E-state index contributed by atoms with van der Waals surface area (Å²) in [6.45, 7) is 6.89. The number of anilines is 1. The highest BCUT2D eigenvalue weighted by Gasteiger charge is 2.59. The van der Waals surface area contributed by atoms with E-state index >= 15 is 0 Å². The third kappa shape index (κ3) is 2.25. The molecule has 0 radical (unpaired) electrons. The van der Waals surface area contributed by atoms with E-state index in [4.69, 9.17) is 4.74 Å². The molecule has 2 aliphatic rings. The average molecular weight is 348 g/mol. The lowest BCUT2D eigenvalue weighted by atomic mass is 9.75. The molecule has 0 bridgehead atoms. The molecule has 1 saturated heterocycles. The Morgan fingerprint density at radius 3 is 2.77 bits per heavy atom. The molecule has 2 aromatic carbocycles. The van der Waals surface area contributed by atoms with Gasteiger partial charge in [-0.1, -0.05) is 49.8 Å². The number of carbonyl (C=O) groups is 1. The predicted octanol–water partition coefficient (Wildman–Crippen LogP) is 3.64. The van der Waals surface area contributed by atoms with Gasteiger partial charge in [0.05, 0.1) is 13.7 Å². The number of nitrogens with one attached hydrogen (secondary N) is 1. The van der Waals surface area contributed by atoms with E-state index in [0.29, 0.717) is 6.54 Å². The minimum Gasteiger partial charge on any atom is -0.497 e. The fourth-order valence-electron chi connectivity index (χ4n) is 4.25. The molecule has 4 rings (SSSR count). The Labute approximate surface area is 154 Å². The molecule has 4 nitrogen and oxygen atoms in total. The Morgan fingerprint density at radius 2 is 2.00 bits per heavy atom. The van der Waals surface area contributed by atoms with Gasteiger partial charge < -0.3 is 15.0 Å². The number of methoxy groups -OCH3 is 1. The summed E-state index contributed by atoms with van der Waals surface area (Å²) in [4.78, 5) is 14.5. The summed E-state index contributed by atoms with van der Waals surface area (Å²) >= 11 is 0. The van der Waals surface area contributed by atoms with Gasteiger partial charge in [-0.2, -0.15) is 0 Å². The van der Waals surface area contributed by atoms with Crippen molar-refractivity contribution < 1.29 is 9.53 Å². The summed E-state index contributed by atoms with van der Waals surface area (Å²) in [6.07, 6.45) is 4.20. The number of carbonyl (C=O) groups excluding carboxylic acids is 1. The van der Waals surface area contributed by atoms with E-state index in [1.807, 2.05) is 24.3 Å². The minimum absolute atomic E-state index is 0.0552. The predicted molar refractivity (Wildman–Crippen MR) is 104 cm³/mol. The Hall–Kier alpha value is -2.75. The second kappa shape index (κ2) is 5.63. The van der Waals surface area contributed by atoms with E-state index < -0.39 is 5.66 Å². The molecule has 2 aromatic rings. The topological polar surface area (TPSA) is 41.6 Å². The third-order valence-electron chi connectivity index (χ3n) is 5.74. The first-order valence-electron chi connectivity index (χ1n) is 8.90. The van der Waals surface area contributed by atoms with Gasteiger partial charge in [0, 0.05) is 11.1 Å². The number of nitrogens with zero attached hydrogens (tertiary/aromatic N) is 1. The second-order valence-corrected chi connectivity index (χ2v) is 7.66. The number of rotatable bonds is 3. The fraction of sp³-hybridized carbons (Fsp3) is 0.318. The monoisotopic (exact) mass is 348 g/mol. The summed E-state index contributed by atoms with van der Waals surface area (Å²) in [5.41, 5.74) is 3.86. The van der Waals surface area contributed by atoms with Gasteiger partial charge in [-0.05, 0) is 42.3 Å². The van der Waals surface area contributed by atoms with Gasteiger partial charge in [0.2, 0.25) is 5.91 Å². The van der Waals surface area contributed by atoms with Crippen molar-refractivity contribution in [3.63, 3.8) is 0 Å². The zero-order chi connectivity index (χ0) is 18.5. The van der Waals surface area contributed by atoms with Gasteiger partial charge in [0.15, 0.2) is 0 Å². The maximum absolute atomic E-state index is 12.3. The van der Waals surface area contributed by atoms with Crippen LogP contribution in [0.2, 0.25) is 0 Å². The Morgan fingerprint density at radius 1 is 1.19 bits per heavy atom. The lowest BCUT2D eigenvalue weighted by Gasteiger charge is -2.40. The summed E-state index contributed by atoms with van der Waals surface area (Å²) in [5, 5.41) is 3.25. The van der Waals surface area contributed by atoms with Crippen LogP contribution in [-0.2, 0) is 10.2 Å². The highest BCUT2D eigenvalue weighted by molar-refractivity contribution is 5.91. The van der Waals surface area contributed by atoms with E-state index in [1.54, 1.807) is 7.11 Å². The van der Waals surface area contributed by atoms with Crippen molar-refractivity contribution in [1.82, 2.24) is 5.32 Å². The van der Waals surface area contributed by atoms with Gasteiger partial charge >= 0.3 is 0 Å². The highest BCUT2D eigenvalue weighted by atomic mass is 16.5. The second-order valence-electron chi connectivity index (χ2n) is 7.66. The van der Waals surface area contributed by atoms with E-state index in [9.17, 15) is 4.79 Å². The maximum atomic E-state index is 12.3. The van der Waals surface area contributed by atoms with E-state index in [-0.39, 0.29) is 11.3 Å². The van der Waals surface area contributed by atoms with Crippen molar-refractivity contribution in [2.45, 2.75) is 31.8 Å². The number of hydrogen-bond donors (Lipinski definition) is 1.